The Labute approximate surface area is 174 Å². The number of aromatic nitrogens is 1. The molecule has 0 saturated carbocycles. The van der Waals surface area contributed by atoms with E-state index in [-0.39, 0.29) is 39.0 Å². The van der Waals surface area contributed by atoms with Crippen molar-refractivity contribution in [2.24, 2.45) is 5.73 Å². The van der Waals surface area contributed by atoms with Crippen molar-refractivity contribution in [1.82, 2.24) is 4.57 Å². The van der Waals surface area contributed by atoms with Gasteiger partial charge in [0.25, 0.3) is 0 Å². The number of nitrogens with zero attached hydrogens (tertiary/aromatic N) is 2. The number of carboxylic acids is 1. The van der Waals surface area contributed by atoms with Crippen molar-refractivity contribution in [1.29, 1.82) is 0 Å². The number of nitrogens with two attached hydrogens (primary N) is 2. The summed E-state index contributed by atoms with van der Waals surface area (Å²) in [4.78, 5) is 26.0. The maximum Gasteiger partial charge on any atom is 0.341 e. The normalized spacial score (nSPS) is 16.4. The average Bonchev–Trinajstić information content (AvgIpc) is 3.11. The predicted molar refractivity (Wildman–Crippen MR) is 111 cm³/mol. The number of hydrogen-bond acceptors (Lipinski definition) is 5. The van der Waals surface area contributed by atoms with E-state index < -0.39 is 28.6 Å². The van der Waals surface area contributed by atoms with Gasteiger partial charge in [0, 0.05) is 30.7 Å². The zero-order valence-corrected chi connectivity index (χ0v) is 16.3. The van der Waals surface area contributed by atoms with Crippen LogP contribution in [0, 0.1) is 11.6 Å². The quantitative estimate of drug-likeness (QED) is 0.546. The minimum absolute atomic E-state index is 0.0583. The van der Waals surface area contributed by atoms with Gasteiger partial charge in [-0.05, 0) is 30.7 Å². The van der Waals surface area contributed by atoms with Crippen LogP contribution in [-0.2, 0) is 0 Å². The Kier molecular flexibility index (Phi) is 4.87. The van der Waals surface area contributed by atoms with E-state index >= 15 is 0 Å². The standard InChI is InChI=1S/C20H17ClF2N4O3/c21-12-4-13(22)15(25)5-17(12)27-8-11(20(29)30)19(28)10-3-14(23)18(6-16(10)27)26-2-1-9(24)7-26/h3-6,8-9H,1-2,7,24-25H2,(H,29,30)/t9-/m0/s1. The lowest BCUT2D eigenvalue weighted by atomic mass is 10.1. The molecule has 4 rings (SSSR count). The van der Waals surface area contributed by atoms with Crippen molar-refractivity contribution in [3.05, 3.63) is 62.9 Å². The van der Waals surface area contributed by atoms with E-state index in [0.29, 0.717) is 19.5 Å². The molecule has 1 fully saturated rings. The van der Waals surface area contributed by atoms with Gasteiger partial charge in [0.2, 0.25) is 5.43 Å². The number of rotatable bonds is 3. The zero-order chi connectivity index (χ0) is 21.7. The molecule has 0 radical (unpaired) electrons. The first-order valence-electron chi connectivity index (χ1n) is 9.05. The van der Waals surface area contributed by atoms with Gasteiger partial charge in [-0.3, -0.25) is 4.79 Å². The number of anilines is 2. The summed E-state index contributed by atoms with van der Waals surface area (Å²) in [6, 6.07) is 4.54. The molecule has 2 aromatic carbocycles. The van der Waals surface area contributed by atoms with E-state index in [9.17, 15) is 23.5 Å². The number of carboxylic acid groups (broad SMARTS) is 1. The fourth-order valence-corrected chi connectivity index (χ4v) is 3.91. The summed E-state index contributed by atoms with van der Waals surface area (Å²) in [7, 11) is 0. The lowest BCUT2D eigenvalue weighted by Crippen LogP contribution is -2.27. The molecule has 0 bridgehead atoms. The van der Waals surface area contributed by atoms with Gasteiger partial charge in [-0.25, -0.2) is 13.6 Å². The number of hydrogen-bond donors (Lipinski definition) is 3. The fraction of sp³-hybridized carbons (Fsp3) is 0.200. The lowest BCUT2D eigenvalue weighted by Gasteiger charge is -2.21. The Morgan fingerprint density at radius 2 is 1.90 bits per heavy atom. The molecule has 7 nitrogen and oxygen atoms in total. The van der Waals surface area contributed by atoms with Gasteiger partial charge in [0.1, 0.15) is 17.2 Å². The highest BCUT2D eigenvalue weighted by atomic mass is 35.5. The zero-order valence-electron chi connectivity index (χ0n) is 15.5. The van der Waals surface area contributed by atoms with Crippen LogP contribution < -0.4 is 21.8 Å². The number of carbonyl (C=O) groups is 1. The summed E-state index contributed by atoms with van der Waals surface area (Å²) >= 11 is 6.18. The van der Waals surface area contributed by atoms with Crippen molar-refractivity contribution in [2.75, 3.05) is 23.7 Å². The molecule has 0 unspecified atom stereocenters. The summed E-state index contributed by atoms with van der Waals surface area (Å²) in [5.41, 5.74) is 10.5. The first-order chi connectivity index (χ1) is 14.2. The smallest absolute Gasteiger partial charge is 0.341 e. The summed E-state index contributed by atoms with van der Waals surface area (Å²) in [5.74, 6) is -2.91. The molecular weight excluding hydrogens is 418 g/mol. The third kappa shape index (κ3) is 3.25. The van der Waals surface area contributed by atoms with Gasteiger partial charge < -0.3 is 26.0 Å². The summed E-state index contributed by atoms with van der Waals surface area (Å²) in [6.45, 7) is 0.968. The maximum atomic E-state index is 14.9. The maximum absolute atomic E-state index is 14.9. The Morgan fingerprint density at radius 3 is 2.53 bits per heavy atom. The first-order valence-corrected chi connectivity index (χ1v) is 9.42. The first kappa shape index (κ1) is 20.1. The second kappa shape index (κ2) is 7.26. The highest BCUT2D eigenvalue weighted by Gasteiger charge is 2.25. The number of aromatic carboxylic acids is 1. The Morgan fingerprint density at radius 1 is 1.17 bits per heavy atom. The van der Waals surface area contributed by atoms with Gasteiger partial charge >= 0.3 is 5.97 Å². The van der Waals surface area contributed by atoms with Crippen LogP contribution >= 0.6 is 11.6 Å². The Balaban J connectivity index is 2.07. The molecule has 3 aromatic rings. The van der Waals surface area contributed by atoms with E-state index in [4.69, 9.17) is 23.1 Å². The van der Waals surface area contributed by atoms with Crippen LogP contribution in [0.15, 0.2) is 35.3 Å². The molecule has 0 aliphatic carbocycles. The number of pyridine rings is 1. The van der Waals surface area contributed by atoms with Crippen molar-refractivity contribution in [2.45, 2.75) is 12.5 Å². The average molecular weight is 435 g/mol. The summed E-state index contributed by atoms with van der Waals surface area (Å²) < 4.78 is 30.0. The molecule has 156 valence electrons. The SMILES string of the molecule is Nc1cc(-n2cc(C(=O)O)c(=O)c3cc(F)c(N4CC[C@H](N)C4)cc32)c(Cl)cc1F. The highest BCUT2D eigenvalue weighted by molar-refractivity contribution is 6.32. The van der Waals surface area contributed by atoms with Gasteiger partial charge in [-0.15, -0.1) is 0 Å². The number of fused-ring (bicyclic) bond motifs is 1. The van der Waals surface area contributed by atoms with Crippen molar-refractivity contribution < 1.29 is 18.7 Å². The molecule has 10 heteroatoms. The van der Waals surface area contributed by atoms with E-state index in [1.165, 1.54) is 16.7 Å². The van der Waals surface area contributed by atoms with Crippen LogP contribution in [0.1, 0.15) is 16.8 Å². The second-order valence-electron chi connectivity index (χ2n) is 7.19. The minimum Gasteiger partial charge on any atom is -0.477 e. The predicted octanol–water partition coefficient (Wildman–Crippen LogP) is 2.74. The third-order valence-corrected chi connectivity index (χ3v) is 5.50. The molecule has 1 atom stereocenters. The molecule has 1 aliphatic heterocycles. The minimum atomic E-state index is -1.49. The van der Waals surface area contributed by atoms with E-state index in [1.54, 1.807) is 4.90 Å². The largest absolute Gasteiger partial charge is 0.477 e. The highest BCUT2D eigenvalue weighted by Crippen LogP contribution is 2.32. The van der Waals surface area contributed by atoms with Crippen LogP contribution in [-0.4, -0.2) is 34.8 Å². The van der Waals surface area contributed by atoms with E-state index in [1.807, 2.05) is 0 Å². The number of benzene rings is 2. The molecule has 2 heterocycles. The van der Waals surface area contributed by atoms with E-state index in [0.717, 1.165) is 18.3 Å². The molecule has 1 aliphatic rings. The van der Waals surface area contributed by atoms with Crippen molar-refractivity contribution >= 4 is 39.8 Å². The summed E-state index contributed by atoms with van der Waals surface area (Å²) in [5, 5.41) is 9.23. The fourth-order valence-electron chi connectivity index (χ4n) is 3.67. The van der Waals surface area contributed by atoms with Gasteiger partial charge in [0.15, 0.2) is 0 Å². The molecule has 30 heavy (non-hydrogen) atoms. The second-order valence-corrected chi connectivity index (χ2v) is 7.59. The number of halogens is 3. The van der Waals surface area contributed by atoms with Crippen LogP contribution in [0.2, 0.25) is 5.02 Å². The number of nitrogen functional groups attached to an aromatic ring is 1. The topological polar surface area (TPSA) is 115 Å². The molecule has 5 N–H and O–H groups in total. The molecule has 0 amide bonds. The van der Waals surface area contributed by atoms with Crippen molar-refractivity contribution in [3.63, 3.8) is 0 Å². The Bertz CT molecular complexity index is 1260. The molecule has 0 spiro atoms. The van der Waals surface area contributed by atoms with Crippen molar-refractivity contribution in [3.8, 4) is 5.69 Å². The van der Waals surface area contributed by atoms with Crippen LogP contribution in [0.25, 0.3) is 16.6 Å². The van der Waals surface area contributed by atoms with Crippen LogP contribution in [0.5, 0.6) is 0 Å². The third-order valence-electron chi connectivity index (χ3n) is 5.19. The lowest BCUT2D eigenvalue weighted by molar-refractivity contribution is 0.0695. The molecular formula is C20H17ClF2N4O3. The van der Waals surface area contributed by atoms with Crippen LogP contribution in [0.3, 0.4) is 0 Å². The van der Waals surface area contributed by atoms with E-state index in [2.05, 4.69) is 0 Å². The van der Waals surface area contributed by atoms with Gasteiger partial charge in [-0.2, -0.15) is 0 Å². The van der Waals surface area contributed by atoms with Gasteiger partial charge in [-0.1, -0.05) is 11.6 Å². The molecule has 1 aromatic heterocycles. The molecule has 1 saturated heterocycles. The van der Waals surface area contributed by atoms with Gasteiger partial charge in [0.05, 0.1) is 27.6 Å². The van der Waals surface area contributed by atoms with Crippen LogP contribution in [0.4, 0.5) is 20.2 Å². The monoisotopic (exact) mass is 434 g/mol. The summed E-state index contributed by atoms with van der Waals surface area (Å²) in [6.07, 6.45) is 1.76. The Hall–Kier alpha value is -3.17.